The van der Waals surface area contributed by atoms with Crippen molar-refractivity contribution in [3.05, 3.63) is 134 Å². The summed E-state index contributed by atoms with van der Waals surface area (Å²) in [6.45, 7) is 3.47. The van der Waals surface area contributed by atoms with Crippen LogP contribution in [0.3, 0.4) is 0 Å². The van der Waals surface area contributed by atoms with Gasteiger partial charge in [0.25, 0.3) is 5.91 Å². The van der Waals surface area contributed by atoms with Crippen LogP contribution in [-0.4, -0.2) is 34.1 Å². The maximum atomic E-state index is 13.9. The van der Waals surface area contributed by atoms with Gasteiger partial charge in [-0.15, -0.1) is 0 Å². The van der Waals surface area contributed by atoms with Gasteiger partial charge in [0.2, 0.25) is 5.75 Å². The molecule has 0 aliphatic carbocycles. The molecule has 0 atom stereocenters. The summed E-state index contributed by atoms with van der Waals surface area (Å²) in [6, 6.07) is 22.9. The minimum absolute atomic E-state index is 0.0452. The van der Waals surface area contributed by atoms with E-state index in [1.807, 2.05) is 38.1 Å². The van der Waals surface area contributed by atoms with Crippen LogP contribution < -0.4 is 20.2 Å². The largest absolute Gasteiger partial charge is 0.486 e. The highest BCUT2D eigenvalue weighted by Gasteiger charge is 2.22. The Morgan fingerprint density at radius 2 is 1.74 bits per heavy atom. The summed E-state index contributed by atoms with van der Waals surface area (Å²) >= 11 is 3.20. The van der Waals surface area contributed by atoms with Crippen LogP contribution in [0.4, 0.5) is 15.8 Å². The number of benzene rings is 3. The monoisotopic (exact) mass is 703 g/mol. The minimum atomic E-state index is -0.750. The van der Waals surface area contributed by atoms with Crippen molar-refractivity contribution in [1.82, 2.24) is 9.99 Å². The number of hydrazone groups is 1. The number of halogens is 2. The highest BCUT2D eigenvalue weighted by molar-refractivity contribution is 9.10. The van der Waals surface area contributed by atoms with E-state index in [4.69, 9.17) is 13.9 Å². The Balaban J connectivity index is 1.20. The number of furan rings is 1. The zero-order valence-electron chi connectivity index (χ0n) is 25.0. The van der Waals surface area contributed by atoms with Crippen molar-refractivity contribution in [3.63, 3.8) is 0 Å². The molecular weight excluding hydrogens is 677 g/mol. The number of hydrogen-bond acceptors (Lipinski definition) is 8. The number of rotatable bonds is 12. The second-order valence-corrected chi connectivity index (χ2v) is 11.0. The number of nitro benzene ring substituents is 1. The van der Waals surface area contributed by atoms with Gasteiger partial charge in [-0.2, -0.15) is 5.10 Å². The Morgan fingerprint density at radius 3 is 2.45 bits per heavy atom. The van der Waals surface area contributed by atoms with Crippen molar-refractivity contribution in [1.29, 1.82) is 0 Å². The molecule has 2 amide bonds. The summed E-state index contributed by atoms with van der Waals surface area (Å²) in [5.41, 5.74) is 5.08. The van der Waals surface area contributed by atoms with Gasteiger partial charge in [0, 0.05) is 33.2 Å². The summed E-state index contributed by atoms with van der Waals surface area (Å²) in [5.74, 6) is -1.41. The number of hydrogen-bond donors (Lipinski definition) is 2. The standard InChI is InChI=1S/C33H27BrFN5O7/c1-20-7-8-21(2)39(20)24-9-11-25(12-10-24)45-18-26-13-14-30(47-26)33(42)38-36-17-22-15-23(34)16-29(40(43)44)32(22)46-19-31(41)37-28-6-4-3-5-27(28)35/h3-17H,18-19H2,1-2H3,(H,37,41)(H,38,42)/b36-17+. The van der Waals surface area contributed by atoms with Crippen LogP contribution >= 0.6 is 15.9 Å². The van der Waals surface area contributed by atoms with Gasteiger partial charge in [0.1, 0.15) is 23.9 Å². The molecule has 0 aliphatic rings. The summed E-state index contributed by atoms with van der Waals surface area (Å²) in [6.07, 6.45) is 1.12. The van der Waals surface area contributed by atoms with E-state index in [2.05, 4.69) is 48.5 Å². The van der Waals surface area contributed by atoms with E-state index in [1.165, 1.54) is 42.5 Å². The number of aromatic nitrogens is 1. The number of nitrogens with zero attached hydrogens (tertiary/aromatic N) is 3. The number of amides is 2. The fraction of sp³-hybridized carbons (Fsp3) is 0.121. The molecule has 14 heteroatoms. The van der Waals surface area contributed by atoms with Crippen molar-refractivity contribution in [3.8, 4) is 17.2 Å². The number of nitro groups is 1. The van der Waals surface area contributed by atoms with Crippen molar-refractivity contribution in [2.45, 2.75) is 20.5 Å². The normalized spacial score (nSPS) is 11.0. The number of aryl methyl sites for hydroxylation is 2. The number of para-hydroxylation sites is 1. The van der Waals surface area contributed by atoms with Crippen LogP contribution in [0.2, 0.25) is 0 Å². The molecule has 0 spiro atoms. The Labute approximate surface area is 276 Å². The summed E-state index contributed by atoms with van der Waals surface area (Å²) < 4.78 is 33.2. The Hall–Kier alpha value is -5.76. The highest BCUT2D eigenvalue weighted by Crippen LogP contribution is 2.34. The topological polar surface area (TPSA) is 150 Å². The summed E-state index contributed by atoms with van der Waals surface area (Å²) in [7, 11) is 0. The molecule has 240 valence electrons. The molecule has 5 aromatic rings. The van der Waals surface area contributed by atoms with Crippen molar-refractivity contribution in [2.24, 2.45) is 5.10 Å². The van der Waals surface area contributed by atoms with Crippen LogP contribution in [0.1, 0.15) is 33.3 Å². The van der Waals surface area contributed by atoms with Crippen molar-refractivity contribution >= 4 is 45.3 Å². The van der Waals surface area contributed by atoms with Crippen molar-refractivity contribution in [2.75, 3.05) is 11.9 Å². The van der Waals surface area contributed by atoms with Crippen LogP contribution in [0.5, 0.6) is 11.5 Å². The molecule has 2 N–H and O–H groups in total. The zero-order chi connectivity index (χ0) is 33.5. The highest BCUT2D eigenvalue weighted by atomic mass is 79.9. The average molecular weight is 705 g/mol. The maximum absolute atomic E-state index is 13.9. The molecule has 12 nitrogen and oxygen atoms in total. The van der Waals surface area contributed by atoms with Crippen LogP contribution in [-0.2, 0) is 11.4 Å². The first kappa shape index (κ1) is 32.6. The first-order chi connectivity index (χ1) is 22.6. The van der Waals surface area contributed by atoms with Crippen LogP contribution in [0, 0.1) is 29.8 Å². The van der Waals surface area contributed by atoms with Gasteiger partial charge in [-0.05, 0) is 80.6 Å². The number of anilines is 1. The lowest BCUT2D eigenvalue weighted by Crippen LogP contribution is -2.21. The summed E-state index contributed by atoms with van der Waals surface area (Å²) in [4.78, 5) is 36.1. The van der Waals surface area contributed by atoms with E-state index in [0.717, 1.165) is 23.3 Å². The Morgan fingerprint density at radius 1 is 1.02 bits per heavy atom. The molecule has 0 saturated heterocycles. The molecule has 0 fully saturated rings. The average Bonchev–Trinajstić information content (AvgIpc) is 3.66. The van der Waals surface area contributed by atoms with Crippen LogP contribution in [0.25, 0.3) is 5.69 Å². The van der Waals surface area contributed by atoms with Gasteiger partial charge in [0.05, 0.1) is 16.8 Å². The van der Waals surface area contributed by atoms with Gasteiger partial charge >= 0.3 is 11.6 Å². The van der Waals surface area contributed by atoms with E-state index in [-0.39, 0.29) is 29.4 Å². The van der Waals surface area contributed by atoms with E-state index in [1.54, 1.807) is 6.07 Å². The summed E-state index contributed by atoms with van der Waals surface area (Å²) in [5, 5.41) is 17.9. The lowest BCUT2D eigenvalue weighted by Gasteiger charge is -2.11. The molecule has 0 saturated carbocycles. The van der Waals surface area contributed by atoms with Gasteiger partial charge in [0.15, 0.2) is 12.4 Å². The molecule has 2 aromatic heterocycles. The molecule has 0 unspecified atom stereocenters. The molecular formula is C33H27BrFN5O7. The molecule has 47 heavy (non-hydrogen) atoms. The Kier molecular flexibility index (Phi) is 10.1. The van der Waals surface area contributed by atoms with E-state index in [0.29, 0.717) is 16.0 Å². The number of ether oxygens (including phenoxy) is 2. The van der Waals surface area contributed by atoms with Gasteiger partial charge in [-0.3, -0.25) is 19.7 Å². The smallest absolute Gasteiger partial charge is 0.312 e. The predicted molar refractivity (Wildman–Crippen MR) is 175 cm³/mol. The first-order valence-electron chi connectivity index (χ1n) is 14.0. The van der Waals surface area contributed by atoms with E-state index >= 15 is 0 Å². The molecule has 0 bridgehead atoms. The quantitative estimate of drug-likeness (QED) is 0.0819. The zero-order valence-corrected chi connectivity index (χ0v) is 26.6. The number of carbonyl (C=O) groups excluding carboxylic acids is 2. The Bertz CT molecular complexity index is 1950. The second kappa shape index (κ2) is 14.6. The lowest BCUT2D eigenvalue weighted by molar-refractivity contribution is -0.385. The second-order valence-electron chi connectivity index (χ2n) is 10.1. The van der Waals surface area contributed by atoms with Gasteiger partial charge < -0.3 is 23.8 Å². The molecule has 0 radical (unpaired) electrons. The minimum Gasteiger partial charge on any atom is -0.486 e. The van der Waals surface area contributed by atoms with E-state index < -0.39 is 34.8 Å². The fourth-order valence-corrected chi connectivity index (χ4v) is 5.05. The first-order valence-corrected chi connectivity index (χ1v) is 14.8. The molecule has 5 rings (SSSR count). The predicted octanol–water partition coefficient (Wildman–Crippen LogP) is 6.86. The van der Waals surface area contributed by atoms with Gasteiger partial charge in [-0.1, -0.05) is 28.1 Å². The van der Waals surface area contributed by atoms with Gasteiger partial charge in [-0.25, -0.2) is 9.82 Å². The number of carbonyl (C=O) groups is 2. The SMILES string of the molecule is Cc1ccc(C)n1-c1ccc(OCc2ccc(C(=O)N/N=C/c3cc(Br)cc([N+](=O)[O-])c3OCC(=O)Nc3ccccc3F)o2)cc1. The number of nitrogens with one attached hydrogen (secondary N) is 2. The van der Waals surface area contributed by atoms with Crippen LogP contribution in [0.15, 0.2) is 98.9 Å². The third-order valence-electron chi connectivity index (χ3n) is 6.76. The molecule has 2 heterocycles. The lowest BCUT2D eigenvalue weighted by atomic mass is 10.2. The molecule has 0 aliphatic heterocycles. The molecule has 3 aromatic carbocycles. The van der Waals surface area contributed by atoms with E-state index in [9.17, 15) is 24.1 Å². The van der Waals surface area contributed by atoms with Crippen molar-refractivity contribution < 1.29 is 32.8 Å². The maximum Gasteiger partial charge on any atom is 0.312 e. The fourth-order valence-electron chi connectivity index (χ4n) is 4.59. The third kappa shape index (κ3) is 8.10. The third-order valence-corrected chi connectivity index (χ3v) is 7.22.